The van der Waals surface area contributed by atoms with Crippen molar-refractivity contribution in [1.82, 2.24) is 9.88 Å². The molecule has 6 nitrogen and oxygen atoms in total. The summed E-state index contributed by atoms with van der Waals surface area (Å²) >= 11 is 6.01. The van der Waals surface area contributed by atoms with Gasteiger partial charge in [0.1, 0.15) is 11.8 Å². The summed E-state index contributed by atoms with van der Waals surface area (Å²) in [5.74, 6) is -0.918. The van der Waals surface area contributed by atoms with Crippen molar-refractivity contribution in [3.05, 3.63) is 65.3 Å². The first kappa shape index (κ1) is 20.9. The second-order valence-corrected chi connectivity index (χ2v) is 7.37. The molecule has 1 saturated heterocycles. The maximum absolute atomic E-state index is 13.0. The number of fused-ring (bicyclic) bond motifs is 1. The number of carbonyl (C=O) groups is 2. The summed E-state index contributed by atoms with van der Waals surface area (Å²) in [6, 6.07) is 10.2. The van der Waals surface area contributed by atoms with Gasteiger partial charge in [-0.05, 0) is 55.0 Å². The van der Waals surface area contributed by atoms with Crippen molar-refractivity contribution in [1.29, 1.82) is 0 Å². The zero-order chi connectivity index (χ0) is 22.3. The van der Waals surface area contributed by atoms with Gasteiger partial charge in [-0.25, -0.2) is 9.69 Å². The molecule has 0 aliphatic carbocycles. The molecule has 0 radical (unpaired) electrons. The van der Waals surface area contributed by atoms with Crippen LogP contribution in [0.1, 0.15) is 12.5 Å². The van der Waals surface area contributed by atoms with E-state index in [1.165, 1.54) is 17.0 Å². The van der Waals surface area contributed by atoms with Crippen LogP contribution in [0.25, 0.3) is 10.9 Å². The highest BCUT2D eigenvalue weighted by Gasteiger charge is 2.43. The lowest BCUT2D eigenvalue weighted by Crippen LogP contribution is -2.33. The molecule has 0 bridgehead atoms. The van der Waals surface area contributed by atoms with Gasteiger partial charge < -0.3 is 9.64 Å². The fraction of sp³-hybridized carbons (Fsp3) is 0.190. The van der Waals surface area contributed by atoms with Crippen LogP contribution < -0.4 is 9.64 Å². The van der Waals surface area contributed by atoms with E-state index < -0.39 is 30.1 Å². The second kappa shape index (κ2) is 7.73. The van der Waals surface area contributed by atoms with Gasteiger partial charge >= 0.3 is 12.4 Å². The van der Waals surface area contributed by atoms with Gasteiger partial charge in [-0.3, -0.25) is 9.78 Å². The maximum atomic E-state index is 13.0. The Morgan fingerprint density at radius 1 is 1.10 bits per heavy atom. The third-order valence-corrected chi connectivity index (χ3v) is 5.18. The molecule has 0 saturated carbocycles. The monoisotopic (exact) mass is 449 g/mol. The number of anilines is 1. The summed E-state index contributed by atoms with van der Waals surface area (Å²) in [7, 11) is 0. The number of pyridine rings is 1. The number of halogens is 4. The highest BCUT2D eigenvalue weighted by molar-refractivity contribution is 6.31. The first-order valence-electron chi connectivity index (χ1n) is 9.17. The molecule has 1 fully saturated rings. The van der Waals surface area contributed by atoms with Gasteiger partial charge in [-0.15, -0.1) is 13.2 Å². The normalized spacial score (nSPS) is 17.0. The second-order valence-electron chi connectivity index (χ2n) is 6.93. The van der Waals surface area contributed by atoms with E-state index in [4.69, 9.17) is 11.6 Å². The van der Waals surface area contributed by atoms with E-state index in [0.717, 1.165) is 28.0 Å². The Morgan fingerprint density at radius 3 is 2.48 bits per heavy atom. The number of amides is 3. The minimum Gasteiger partial charge on any atom is -0.406 e. The van der Waals surface area contributed by atoms with Gasteiger partial charge in [0.25, 0.3) is 5.91 Å². The Balaban J connectivity index is 1.60. The maximum Gasteiger partial charge on any atom is 0.573 e. The highest BCUT2D eigenvalue weighted by Crippen LogP contribution is 2.31. The molecule has 0 spiro atoms. The van der Waals surface area contributed by atoms with Gasteiger partial charge in [0.05, 0.1) is 11.2 Å². The van der Waals surface area contributed by atoms with Crippen LogP contribution in [0, 0.1) is 0 Å². The number of ether oxygens (including phenoxy) is 1. The SMILES string of the molecule is CC1C(=O)N(c2ccc(OC(F)(F)F)cc2)C(=O)N1Cc1ccnc2cc(Cl)ccc12. The molecular formula is C21H15ClF3N3O3. The molecule has 160 valence electrons. The molecule has 0 N–H and O–H groups in total. The summed E-state index contributed by atoms with van der Waals surface area (Å²) in [4.78, 5) is 32.4. The molecule has 1 unspecified atom stereocenters. The summed E-state index contributed by atoms with van der Waals surface area (Å²) in [5.41, 5.74) is 1.60. The number of aromatic nitrogens is 1. The molecule has 1 aliphatic heterocycles. The Morgan fingerprint density at radius 2 is 1.81 bits per heavy atom. The molecule has 2 aromatic carbocycles. The summed E-state index contributed by atoms with van der Waals surface area (Å²) in [6.45, 7) is 1.75. The Bertz CT molecular complexity index is 1170. The summed E-state index contributed by atoms with van der Waals surface area (Å²) in [5, 5.41) is 1.33. The third-order valence-electron chi connectivity index (χ3n) is 4.95. The van der Waals surface area contributed by atoms with Crippen molar-refractivity contribution < 1.29 is 27.5 Å². The molecule has 4 rings (SSSR count). The first-order chi connectivity index (χ1) is 14.6. The van der Waals surface area contributed by atoms with E-state index in [2.05, 4.69) is 9.72 Å². The molecule has 10 heteroatoms. The predicted octanol–water partition coefficient (Wildman–Crippen LogP) is 5.14. The standard InChI is InChI=1S/C21H15ClF3N3O3/c1-12-19(29)28(15-3-5-16(6-4-15)31-21(23,24)25)20(30)27(12)11-13-8-9-26-18-10-14(22)2-7-17(13)18/h2-10,12H,11H2,1H3. The molecule has 31 heavy (non-hydrogen) atoms. The molecule has 3 aromatic rings. The number of hydrogen-bond donors (Lipinski definition) is 0. The van der Waals surface area contributed by atoms with Gasteiger partial charge in [0, 0.05) is 23.2 Å². The summed E-state index contributed by atoms with van der Waals surface area (Å²) < 4.78 is 40.9. The van der Waals surface area contributed by atoms with E-state index in [-0.39, 0.29) is 12.2 Å². The lowest BCUT2D eigenvalue weighted by molar-refractivity contribution is -0.274. The van der Waals surface area contributed by atoms with Crippen molar-refractivity contribution in [2.75, 3.05) is 4.90 Å². The number of hydrogen-bond acceptors (Lipinski definition) is 4. The van der Waals surface area contributed by atoms with Gasteiger partial charge in [-0.1, -0.05) is 17.7 Å². The number of imide groups is 1. The lowest BCUT2D eigenvalue weighted by Gasteiger charge is -2.20. The molecule has 1 aliphatic rings. The van der Waals surface area contributed by atoms with Crippen LogP contribution in [-0.2, 0) is 11.3 Å². The molecule has 1 atom stereocenters. The molecule has 1 aromatic heterocycles. The van der Waals surface area contributed by atoms with Crippen molar-refractivity contribution >= 4 is 40.1 Å². The van der Waals surface area contributed by atoms with E-state index in [0.29, 0.717) is 10.5 Å². The molecular weight excluding hydrogens is 435 g/mol. The fourth-order valence-corrected chi connectivity index (χ4v) is 3.62. The summed E-state index contributed by atoms with van der Waals surface area (Å²) in [6.07, 6.45) is -3.23. The fourth-order valence-electron chi connectivity index (χ4n) is 3.45. The number of carbonyl (C=O) groups excluding carboxylic acids is 2. The first-order valence-corrected chi connectivity index (χ1v) is 9.55. The Kier molecular flexibility index (Phi) is 5.22. The van der Waals surface area contributed by atoms with Crippen LogP contribution in [-0.4, -0.2) is 34.2 Å². The number of benzene rings is 2. The average molecular weight is 450 g/mol. The topological polar surface area (TPSA) is 62.7 Å². The van der Waals surface area contributed by atoms with Gasteiger partial charge in [-0.2, -0.15) is 0 Å². The number of rotatable bonds is 4. The van der Waals surface area contributed by atoms with Crippen molar-refractivity contribution in [2.45, 2.75) is 25.9 Å². The molecule has 3 amide bonds. The minimum absolute atomic E-state index is 0.151. The van der Waals surface area contributed by atoms with Crippen LogP contribution in [0.2, 0.25) is 5.02 Å². The zero-order valence-electron chi connectivity index (χ0n) is 16.1. The average Bonchev–Trinajstić information content (AvgIpc) is 2.91. The predicted molar refractivity (Wildman–Crippen MR) is 108 cm³/mol. The van der Waals surface area contributed by atoms with Crippen molar-refractivity contribution in [3.8, 4) is 5.75 Å². The van der Waals surface area contributed by atoms with Crippen LogP contribution in [0.4, 0.5) is 23.7 Å². The highest BCUT2D eigenvalue weighted by atomic mass is 35.5. The van der Waals surface area contributed by atoms with Crippen molar-refractivity contribution in [2.24, 2.45) is 0 Å². The zero-order valence-corrected chi connectivity index (χ0v) is 16.8. The van der Waals surface area contributed by atoms with Gasteiger partial charge in [0.15, 0.2) is 0 Å². The number of urea groups is 1. The van der Waals surface area contributed by atoms with Crippen LogP contribution in [0.5, 0.6) is 5.75 Å². The quantitative estimate of drug-likeness (QED) is 0.517. The Hall–Kier alpha value is -3.33. The van der Waals surface area contributed by atoms with Gasteiger partial charge in [0.2, 0.25) is 0 Å². The van der Waals surface area contributed by atoms with E-state index >= 15 is 0 Å². The number of nitrogens with zero attached hydrogens (tertiary/aromatic N) is 3. The largest absolute Gasteiger partial charge is 0.573 e. The van der Waals surface area contributed by atoms with E-state index in [9.17, 15) is 22.8 Å². The Labute approximate surface area is 179 Å². The molecule has 2 heterocycles. The van der Waals surface area contributed by atoms with Crippen LogP contribution >= 0.6 is 11.6 Å². The van der Waals surface area contributed by atoms with E-state index in [1.807, 2.05) is 0 Å². The lowest BCUT2D eigenvalue weighted by atomic mass is 10.1. The number of alkyl halides is 3. The van der Waals surface area contributed by atoms with Crippen LogP contribution in [0.3, 0.4) is 0 Å². The smallest absolute Gasteiger partial charge is 0.406 e. The van der Waals surface area contributed by atoms with Crippen molar-refractivity contribution in [3.63, 3.8) is 0 Å². The van der Waals surface area contributed by atoms with E-state index in [1.54, 1.807) is 37.4 Å². The minimum atomic E-state index is -4.83. The third kappa shape index (κ3) is 4.13. The van der Waals surface area contributed by atoms with Crippen LogP contribution in [0.15, 0.2) is 54.7 Å².